The van der Waals surface area contributed by atoms with Crippen molar-refractivity contribution in [2.45, 2.75) is 19.6 Å². The van der Waals surface area contributed by atoms with Crippen LogP contribution < -0.4 is 10.1 Å². The zero-order valence-electron chi connectivity index (χ0n) is 10.8. The molecule has 0 saturated heterocycles. The smallest absolute Gasteiger partial charge is 0.339 e. The van der Waals surface area contributed by atoms with E-state index in [0.717, 1.165) is 5.56 Å². The number of rotatable bonds is 3. The normalized spacial score (nSPS) is 11.3. The van der Waals surface area contributed by atoms with E-state index in [1.165, 1.54) is 6.07 Å². The van der Waals surface area contributed by atoms with Gasteiger partial charge in [0.2, 0.25) is 8.32 Å². The Kier molecular flexibility index (Phi) is 3.38. The summed E-state index contributed by atoms with van der Waals surface area (Å²) in [5.74, 6) is 1.13. The zero-order chi connectivity index (χ0) is 13.2. The highest BCUT2D eigenvalue weighted by molar-refractivity contribution is 6.70. The van der Waals surface area contributed by atoms with Crippen LogP contribution in [0.25, 0.3) is 11.3 Å². The molecular weight excluding hydrogens is 244 g/mol. The van der Waals surface area contributed by atoms with Crippen LogP contribution in [0.15, 0.2) is 51.7 Å². The van der Waals surface area contributed by atoms with Crippen LogP contribution in [0.2, 0.25) is 19.6 Å². The van der Waals surface area contributed by atoms with E-state index in [0.29, 0.717) is 11.5 Å². The second kappa shape index (κ2) is 4.82. The molecule has 1 aromatic heterocycles. The molecule has 0 amide bonds. The lowest BCUT2D eigenvalue weighted by Crippen LogP contribution is -2.29. The maximum Gasteiger partial charge on any atom is 0.339 e. The van der Waals surface area contributed by atoms with Gasteiger partial charge in [0.05, 0.1) is 6.07 Å². The molecule has 2 rings (SSSR count). The van der Waals surface area contributed by atoms with Crippen LogP contribution >= 0.6 is 0 Å². The predicted molar refractivity (Wildman–Crippen MR) is 74.4 cm³/mol. The van der Waals surface area contributed by atoms with Gasteiger partial charge in [-0.25, -0.2) is 4.79 Å². The summed E-state index contributed by atoms with van der Waals surface area (Å²) in [7, 11) is -1.73. The molecule has 18 heavy (non-hydrogen) atoms. The van der Waals surface area contributed by atoms with E-state index in [-0.39, 0.29) is 5.63 Å². The van der Waals surface area contributed by atoms with Gasteiger partial charge in [-0.15, -0.1) is 0 Å². The summed E-state index contributed by atoms with van der Waals surface area (Å²) in [6.07, 6.45) is 0. The minimum Gasteiger partial charge on any atom is -0.544 e. The van der Waals surface area contributed by atoms with Gasteiger partial charge in [0, 0.05) is 11.6 Å². The van der Waals surface area contributed by atoms with Crippen molar-refractivity contribution in [3.8, 4) is 17.1 Å². The summed E-state index contributed by atoms with van der Waals surface area (Å²) < 4.78 is 11.0. The summed E-state index contributed by atoms with van der Waals surface area (Å²) in [4.78, 5) is 11.5. The van der Waals surface area contributed by atoms with Gasteiger partial charge in [0.15, 0.2) is 0 Å². The number of hydrogen-bond acceptors (Lipinski definition) is 3. The third-order valence-corrected chi connectivity index (χ3v) is 3.07. The molecule has 0 aliphatic rings. The summed E-state index contributed by atoms with van der Waals surface area (Å²) >= 11 is 0. The summed E-state index contributed by atoms with van der Waals surface area (Å²) in [6, 6.07) is 12.7. The van der Waals surface area contributed by atoms with Gasteiger partial charge in [0.1, 0.15) is 11.5 Å². The zero-order valence-corrected chi connectivity index (χ0v) is 11.8. The molecule has 3 nitrogen and oxygen atoms in total. The number of hydrogen-bond donors (Lipinski definition) is 0. The van der Waals surface area contributed by atoms with E-state index in [4.69, 9.17) is 8.84 Å². The molecule has 1 heterocycles. The summed E-state index contributed by atoms with van der Waals surface area (Å²) in [5.41, 5.74) is 0.486. The van der Waals surface area contributed by atoms with Gasteiger partial charge in [-0.3, -0.25) is 0 Å². The minimum atomic E-state index is -1.73. The Balaban J connectivity index is 2.42. The van der Waals surface area contributed by atoms with Gasteiger partial charge in [0.25, 0.3) is 0 Å². The van der Waals surface area contributed by atoms with Gasteiger partial charge in [-0.2, -0.15) is 0 Å². The molecule has 0 aliphatic heterocycles. The lowest BCUT2D eigenvalue weighted by molar-refractivity contribution is 0.498. The molecule has 1 aromatic carbocycles. The van der Waals surface area contributed by atoms with Crippen molar-refractivity contribution in [2.75, 3.05) is 0 Å². The largest absolute Gasteiger partial charge is 0.544 e. The third-order valence-electron chi connectivity index (χ3n) is 2.23. The van der Waals surface area contributed by atoms with Crippen molar-refractivity contribution in [3.63, 3.8) is 0 Å². The maximum absolute atomic E-state index is 11.5. The predicted octanol–water partition coefficient (Wildman–Crippen LogP) is 3.52. The fourth-order valence-corrected chi connectivity index (χ4v) is 2.44. The van der Waals surface area contributed by atoms with E-state index in [1.807, 2.05) is 30.3 Å². The van der Waals surface area contributed by atoms with E-state index >= 15 is 0 Å². The van der Waals surface area contributed by atoms with Gasteiger partial charge < -0.3 is 8.84 Å². The van der Waals surface area contributed by atoms with Crippen molar-refractivity contribution >= 4 is 8.32 Å². The van der Waals surface area contributed by atoms with Crippen molar-refractivity contribution in [3.05, 3.63) is 52.9 Å². The van der Waals surface area contributed by atoms with Crippen LogP contribution in [0.5, 0.6) is 5.75 Å². The van der Waals surface area contributed by atoms with E-state index in [2.05, 4.69) is 19.6 Å². The number of benzene rings is 1. The minimum absolute atomic E-state index is 0.385. The Morgan fingerprint density at radius 2 is 1.72 bits per heavy atom. The highest BCUT2D eigenvalue weighted by Gasteiger charge is 2.17. The van der Waals surface area contributed by atoms with Crippen LogP contribution in [0.1, 0.15) is 0 Å². The third kappa shape index (κ3) is 3.34. The molecule has 0 atom stereocenters. The quantitative estimate of drug-likeness (QED) is 0.793. The average molecular weight is 260 g/mol. The van der Waals surface area contributed by atoms with Gasteiger partial charge >= 0.3 is 5.63 Å². The lowest BCUT2D eigenvalue weighted by atomic mass is 10.1. The molecule has 94 valence electrons. The fraction of sp³-hybridized carbons (Fsp3) is 0.214. The Labute approximate surface area is 107 Å². The first-order chi connectivity index (χ1) is 8.44. The first-order valence-corrected chi connectivity index (χ1v) is 9.24. The molecule has 0 radical (unpaired) electrons. The molecule has 4 heteroatoms. The van der Waals surface area contributed by atoms with Crippen molar-refractivity contribution in [2.24, 2.45) is 0 Å². The molecule has 0 saturated carbocycles. The van der Waals surface area contributed by atoms with Crippen LogP contribution in [0.4, 0.5) is 0 Å². The molecule has 0 bridgehead atoms. The summed E-state index contributed by atoms with van der Waals surface area (Å²) in [5, 5.41) is 0. The first-order valence-electron chi connectivity index (χ1n) is 5.84. The summed E-state index contributed by atoms with van der Waals surface area (Å²) in [6.45, 7) is 6.22. The van der Waals surface area contributed by atoms with Crippen LogP contribution in [0.3, 0.4) is 0 Å². The first kappa shape index (κ1) is 12.6. The Bertz CT molecular complexity index is 582. The second-order valence-corrected chi connectivity index (χ2v) is 9.49. The van der Waals surface area contributed by atoms with Crippen LogP contribution in [-0.4, -0.2) is 8.32 Å². The van der Waals surface area contributed by atoms with Gasteiger partial charge in [-0.1, -0.05) is 30.3 Å². The molecule has 0 spiro atoms. The highest BCUT2D eigenvalue weighted by Crippen LogP contribution is 2.23. The van der Waals surface area contributed by atoms with E-state index < -0.39 is 8.32 Å². The maximum atomic E-state index is 11.5. The second-order valence-electron chi connectivity index (χ2n) is 5.06. The molecule has 0 aliphatic carbocycles. The van der Waals surface area contributed by atoms with Gasteiger partial charge in [-0.05, 0) is 19.6 Å². The molecule has 0 unspecified atom stereocenters. The van der Waals surface area contributed by atoms with Crippen LogP contribution in [-0.2, 0) is 0 Å². The molecule has 0 fully saturated rings. The van der Waals surface area contributed by atoms with E-state index in [1.54, 1.807) is 6.07 Å². The SMILES string of the molecule is C[Si](C)(C)Oc1cc(-c2ccccc2)oc(=O)c1. The lowest BCUT2D eigenvalue weighted by Gasteiger charge is -2.18. The van der Waals surface area contributed by atoms with Crippen LogP contribution in [0, 0.1) is 0 Å². The molecule has 0 N–H and O–H groups in total. The topological polar surface area (TPSA) is 39.4 Å². The highest BCUT2D eigenvalue weighted by atomic mass is 28.4. The standard InChI is InChI=1S/C14H16O3Si/c1-18(2,3)17-12-9-13(16-14(15)10-12)11-7-5-4-6-8-11/h4-10H,1-3H3. The van der Waals surface area contributed by atoms with Crippen molar-refractivity contribution in [1.29, 1.82) is 0 Å². The molecule has 2 aromatic rings. The van der Waals surface area contributed by atoms with Crippen molar-refractivity contribution in [1.82, 2.24) is 0 Å². The Morgan fingerprint density at radius 1 is 1.06 bits per heavy atom. The Morgan fingerprint density at radius 3 is 2.33 bits per heavy atom. The van der Waals surface area contributed by atoms with E-state index in [9.17, 15) is 4.79 Å². The average Bonchev–Trinajstić information content (AvgIpc) is 2.27. The monoisotopic (exact) mass is 260 g/mol. The Hall–Kier alpha value is -1.81. The van der Waals surface area contributed by atoms with Crippen molar-refractivity contribution < 1.29 is 8.84 Å². The molecular formula is C14H16O3Si. The fourth-order valence-electron chi connectivity index (χ4n) is 1.61.